The topological polar surface area (TPSA) is 0 Å². The molecule has 0 aromatic heterocycles. The van der Waals surface area contributed by atoms with Crippen LogP contribution in [0, 0.1) is 12.8 Å². The summed E-state index contributed by atoms with van der Waals surface area (Å²) in [6, 6.07) is 6.69. The van der Waals surface area contributed by atoms with Crippen molar-refractivity contribution in [2.45, 2.75) is 23.1 Å². The van der Waals surface area contributed by atoms with E-state index >= 15 is 0 Å². The molecule has 0 saturated heterocycles. The predicted octanol–water partition coefficient (Wildman–Crippen LogP) is 4.14. The average molecular weight is 225 g/mol. The molecule has 1 unspecified atom stereocenters. The van der Waals surface area contributed by atoms with Crippen LogP contribution in [0.15, 0.2) is 28.0 Å². The number of rotatable bonds is 4. The van der Waals surface area contributed by atoms with Crippen LogP contribution in [0.3, 0.4) is 0 Å². The molecule has 0 heterocycles. The van der Waals surface area contributed by atoms with E-state index in [1.165, 1.54) is 15.4 Å². The van der Waals surface area contributed by atoms with Crippen LogP contribution in [0.2, 0.25) is 0 Å². The van der Waals surface area contributed by atoms with Gasteiger partial charge in [0.15, 0.2) is 0 Å². The van der Waals surface area contributed by atoms with Gasteiger partial charge in [-0.3, -0.25) is 0 Å². The Balaban J connectivity index is 2.96. The molecule has 0 saturated carbocycles. The van der Waals surface area contributed by atoms with Gasteiger partial charge in [-0.25, -0.2) is 0 Å². The van der Waals surface area contributed by atoms with Gasteiger partial charge in [0.25, 0.3) is 0 Å². The molecule has 2 heteroatoms. The van der Waals surface area contributed by atoms with Crippen molar-refractivity contribution in [3.63, 3.8) is 0 Å². The Hall–Kier alpha value is -0.0800. The van der Waals surface area contributed by atoms with Gasteiger partial charge in [-0.2, -0.15) is 0 Å². The van der Waals surface area contributed by atoms with E-state index in [4.69, 9.17) is 0 Å². The van der Waals surface area contributed by atoms with Crippen LogP contribution in [0.4, 0.5) is 0 Å². The standard InChI is InChI=1S/C12H17S2/c1-9(2)7-10-8-11(13-3)5-6-12(10)14-4/h5-6,8-9H,1,7H2,2-4H3. The first-order valence-electron chi connectivity index (χ1n) is 4.71. The minimum absolute atomic E-state index is 0.484. The minimum Gasteiger partial charge on any atom is -0.130 e. The first kappa shape index (κ1) is 12.0. The molecule has 1 aromatic carbocycles. The summed E-state index contributed by atoms with van der Waals surface area (Å²) >= 11 is 3.62. The van der Waals surface area contributed by atoms with E-state index in [-0.39, 0.29) is 0 Å². The summed E-state index contributed by atoms with van der Waals surface area (Å²) in [4.78, 5) is 2.73. The Kier molecular flexibility index (Phi) is 4.90. The van der Waals surface area contributed by atoms with Gasteiger partial charge >= 0.3 is 0 Å². The molecule has 77 valence electrons. The Morgan fingerprint density at radius 2 is 2.00 bits per heavy atom. The van der Waals surface area contributed by atoms with E-state index in [0.717, 1.165) is 6.42 Å². The van der Waals surface area contributed by atoms with Crippen molar-refractivity contribution in [1.29, 1.82) is 0 Å². The second kappa shape index (κ2) is 5.72. The molecule has 1 aromatic rings. The molecule has 0 aliphatic carbocycles. The predicted molar refractivity (Wildman–Crippen MR) is 68.2 cm³/mol. The van der Waals surface area contributed by atoms with E-state index in [1.54, 1.807) is 11.8 Å². The van der Waals surface area contributed by atoms with Crippen LogP contribution in [-0.2, 0) is 6.42 Å². The van der Waals surface area contributed by atoms with Crippen LogP contribution >= 0.6 is 23.5 Å². The highest BCUT2D eigenvalue weighted by Gasteiger charge is 2.05. The van der Waals surface area contributed by atoms with Gasteiger partial charge in [0, 0.05) is 9.79 Å². The molecule has 0 aliphatic heterocycles. The molecular formula is C12H17S2. The largest absolute Gasteiger partial charge is 0.130 e. The van der Waals surface area contributed by atoms with Crippen molar-refractivity contribution in [3.8, 4) is 0 Å². The lowest BCUT2D eigenvalue weighted by molar-refractivity contribution is 0.708. The lowest BCUT2D eigenvalue weighted by Gasteiger charge is -2.11. The molecule has 0 N–H and O–H groups in total. The maximum atomic E-state index is 4.05. The monoisotopic (exact) mass is 225 g/mol. The number of benzene rings is 1. The van der Waals surface area contributed by atoms with Gasteiger partial charge in [0.1, 0.15) is 0 Å². The first-order valence-corrected chi connectivity index (χ1v) is 7.16. The smallest absolute Gasteiger partial charge is 0.0102 e. The van der Waals surface area contributed by atoms with Crippen molar-refractivity contribution in [2.75, 3.05) is 12.5 Å². The first-order chi connectivity index (χ1) is 6.67. The van der Waals surface area contributed by atoms with Crippen molar-refractivity contribution in [1.82, 2.24) is 0 Å². The number of hydrogen-bond donors (Lipinski definition) is 0. The lowest BCUT2D eigenvalue weighted by Crippen LogP contribution is -1.96. The summed E-state index contributed by atoms with van der Waals surface area (Å²) in [5.41, 5.74) is 1.44. The summed E-state index contributed by atoms with van der Waals surface area (Å²) in [5, 5.41) is 0. The summed E-state index contributed by atoms with van der Waals surface area (Å²) in [6.07, 6.45) is 5.32. The van der Waals surface area contributed by atoms with Crippen molar-refractivity contribution < 1.29 is 0 Å². The van der Waals surface area contributed by atoms with Gasteiger partial charge < -0.3 is 0 Å². The van der Waals surface area contributed by atoms with E-state index in [2.05, 4.69) is 44.6 Å². The van der Waals surface area contributed by atoms with E-state index in [0.29, 0.717) is 5.92 Å². The SMILES string of the molecule is [CH2]C(C)Cc1cc(SC)ccc1SC. The molecule has 1 rings (SSSR count). The summed E-state index contributed by atoms with van der Waals surface area (Å²) in [6.45, 7) is 6.21. The molecule has 0 nitrogen and oxygen atoms in total. The van der Waals surface area contributed by atoms with Gasteiger partial charge in [0.2, 0.25) is 0 Å². The molecule has 1 atom stereocenters. The number of thioether (sulfide) groups is 2. The fourth-order valence-corrected chi connectivity index (χ4v) is 2.49. The fraction of sp³-hybridized carbons (Fsp3) is 0.417. The lowest BCUT2D eigenvalue weighted by atomic mass is 10.0. The quantitative estimate of drug-likeness (QED) is 0.706. The average Bonchev–Trinajstić information content (AvgIpc) is 2.16. The number of hydrogen-bond acceptors (Lipinski definition) is 2. The second-order valence-electron chi connectivity index (χ2n) is 3.49. The highest BCUT2D eigenvalue weighted by molar-refractivity contribution is 7.99. The zero-order chi connectivity index (χ0) is 10.6. The maximum Gasteiger partial charge on any atom is 0.0102 e. The van der Waals surface area contributed by atoms with Crippen LogP contribution < -0.4 is 0 Å². The molecule has 0 amide bonds. The Labute approximate surface area is 95.9 Å². The Morgan fingerprint density at radius 3 is 2.50 bits per heavy atom. The Bertz CT molecular complexity index is 292. The molecule has 1 radical (unpaired) electrons. The Morgan fingerprint density at radius 1 is 1.29 bits per heavy atom. The molecule has 14 heavy (non-hydrogen) atoms. The molecule has 0 aliphatic rings. The van der Waals surface area contributed by atoms with E-state index < -0.39 is 0 Å². The van der Waals surface area contributed by atoms with Gasteiger partial charge in [-0.05, 0) is 48.6 Å². The zero-order valence-electron chi connectivity index (χ0n) is 9.04. The summed E-state index contributed by atoms with van der Waals surface area (Å²) in [5.74, 6) is 0.484. The van der Waals surface area contributed by atoms with Gasteiger partial charge in [-0.1, -0.05) is 13.8 Å². The van der Waals surface area contributed by atoms with Gasteiger partial charge in [0.05, 0.1) is 0 Å². The molecular weight excluding hydrogens is 208 g/mol. The highest BCUT2D eigenvalue weighted by atomic mass is 32.2. The summed E-state index contributed by atoms with van der Waals surface area (Å²) in [7, 11) is 0. The third-order valence-electron chi connectivity index (χ3n) is 2.06. The minimum atomic E-state index is 0.484. The van der Waals surface area contributed by atoms with Crippen LogP contribution in [0.25, 0.3) is 0 Å². The third-order valence-corrected chi connectivity index (χ3v) is 3.62. The summed E-state index contributed by atoms with van der Waals surface area (Å²) < 4.78 is 0. The zero-order valence-corrected chi connectivity index (χ0v) is 10.7. The molecule has 0 spiro atoms. The molecule has 0 fully saturated rings. The van der Waals surface area contributed by atoms with Crippen LogP contribution in [0.1, 0.15) is 12.5 Å². The van der Waals surface area contributed by atoms with Crippen molar-refractivity contribution in [3.05, 3.63) is 30.7 Å². The fourth-order valence-electron chi connectivity index (χ4n) is 1.42. The van der Waals surface area contributed by atoms with Gasteiger partial charge in [-0.15, -0.1) is 23.5 Å². The van der Waals surface area contributed by atoms with E-state index in [9.17, 15) is 0 Å². The van der Waals surface area contributed by atoms with Crippen molar-refractivity contribution in [2.24, 2.45) is 5.92 Å². The highest BCUT2D eigenvalue weighted by Crippen LogP contribution is 2.27. The second-order valence-corrected chi connectivity index (χ2v) is 5.21. The molecule has 0 bridgehead atoms. The normalized spacial score (nSPS) is 10.9. The van der Waals surface area contributed by atoms with Crippen molar-refractivity contribution >= 4 is 23.5 Å². The van der Waals surface area contributed by atoms with Crippen LogP contribution in [0.5, 0.6) is 0 Å². The maximum absolute atomic E-state index is 4.05. The van der Waals surface area contributed by atoms with Crippen LogP contribution in [-0.4, -0.2) is 12.5 Å². The third kappa shape index (κ3) is 3.25. The van der Waals surface area contributed by atoms with E-state index in [1.807, 2.05) is 11.8 Å².